The van der Waals surface area contributed by atoms with Gasteiger partial charge in [-0.3, -0.25) is 0 Å². The van der Waals surface area contributed by atoms with Gasteiger partial charge in [-0.25, -0.2) is 4.68 Å². The molecular weight excluding hydrogens is 400 g/mol. The highest BCUT2D eigenvalue weighted by molar-refractivity contribution is 5.81. The summed E-state index contributed by atoms with van der Waals surface area (Å²) in [7, 11) is 0. The Kier molecular flexibility index (Phi) is 11.8. The van der Waals surface area contributed by atoms with Crippen molar-refractivity contribution >= 4 is 11.1 Å². The molecule has 178 valence electrons. The van der Waals surface area contributed by atoms with Crippen LogP contribution in [-0.4, -0.2) is 9.78 Å². The van der Waals surface area contributed by atoms with Crippen molar-refractivity contribution in [2.24, 2.45) is 0 Å². The number of allylic oxidation sites excluding steroid dienone is 2. The van der Waals surface area contributed by atoms with Crippen molar-refractivity contribution in [3.63, 3.8) is 0 Å². The molecule has 0 aliphatic rings. The largest absolute Gasteiger partial charge is 0.240 e. The first-order chi connectivity index (χ1) is 16.0. The molecule has 33 heavy (non-hydrogen) atoms. The molecule has 1 heterocycles. The number of unbranched alkanes of at least 4 members (excludes halogenated alkanes) is 6. The van der Waals surface area contributed by atoms with Crippen LogP contribution in [0.5, 0.6) is 0 Å². The van der Waals surface area contributed by atoms with Crippen LogP contribution in [0.2, 0.25) is 0 Å². The maximum absolute atomic E-state index is 4.67. The van der Waals surface area contributed by atoms with Crippen LogP contribution in [0.25, 0.3) is 16.8 Å². The summed E-state index contributed by atoms with van der Waals surface area (Å²) in [6.07, 6.45) is 16.0. The molecule has 0 aliphatic carbocycles. The third kappa shape index (κ3) is 8.73. The third-order valence-electron chi connectivity index (χ3n) is 5.78. The van der Waals surface area contributed by atoms with Crippen LogP contribution in [0.1, 0.15) is 117 Å². The van der Waals surface area contributed by atoms with E-state index >= 15 is 0 Å². The molecule has 0 fully saturated rings. The van der Waals surface area contributed by atoms with Gasteiger partial charge in [-0.2, -0.15) is 5.10 Å². The molecule has 0 aliphatic heterocycles. The van der Waals surface area contributed by atoms with Gasteiger partial charge in [-0.05, 0) is 70.6 Å². The van der Waals surface area contributed by atoms with Crippen LogP contribution >= 0.6 is 0 Å². The van der Waals surface area contributed by atoms with E-state index in [0.717, 1.165) is 12.8 Å². The van der Waals surface area contributed by atoms with E-state index in [1.54, 1.807) is 0 Å². The Bertz CT molecular complexity index is 921. The number of nitrogens with zero attached hydrogens (tertiary/aromatic N) is 2. The molecule has 0 spiro atoms. The fourth-order valence-corrected chi connectivity index (χ4v) is 4.27. The fourth-order valence-electron chi connectivity index (χ4n) is 4.27. The van der Waals surface area contributed by atoms with Gasteiger partial charge < -0.3 is 0 Å². The summed E-state index contributed by atoms with van der Waals surface area (Å²) in [5, 5.41) is 4.67. The Morgan fingerprint density at radius 2 is 1.24 bits per heavy atom. The molecule has 2 nitrogen and oxygen atoms in total. The lowest BCUT2D eigenvalue weighted by Gasteiger charge is -2.18. The molecule has 1 aromatic carbocycles. The highest BCUT2D eigenvalue weighted by Crippen LogP contribution is 2.34. The SMILES string of the molecule is CCCCCCC(=C=C(C)C)c1cccc(C(=C=C(C)C)CCCCCC)c1-n1cccn1. The molecule has 0 atom stereocenters. The predicted molar refractivity (Wildman–Crippen MR) is 145 cm³/mol. The number of benzene rings is 1. The van der Waals surface area contributed by atoms with Gasteiger partial charge in [0, 0.05) is 34.7 Å². The molecule has 0 N–H and O–H groups in total. The monoisotopic (exact) mass is 444 g/mol. The summed E-state index contributed by atoms with van der Waals surface area (Å²) < 4.78 is 2.04. The molecule has 0 unspecified atom stereocenters. The maximum atomic E-state index is 4.67. The fraction of sp³-hybridized carbons (Fsp3) is 0.516. The van der Waals surface area contributed by atoms with Gasteiger partial charge in [0.2, 0.25) is 0 Å². The molecule has 0 amide bonds. The van der Waals surface area contributed by atoms with Gasteiger partial charge in [0.05, 0.1) is 5.69 Å². The van der Waals surface area contributed by atoms with E-state index in [-0.39, 0.29) is 0 Å². The van der Waals surface area contributed by atoms with Crippen LogP contribution in [0.3, 0.4) is 0 Å². The van der Waals surface area contributed by atoms with Gasteiger partial charge in [0.1, 0.15) is 0 Å². The van der Waals surface area contributed by atoms with Gasteiger partial charge >= 0.3 is 0 Å². The van der Waals surface area contributed by atoms with Gasteiger partial charge in [0.15, 0.2) is 0 Å². The van der Waals surface area contributed by atoms with Crippen molar-refractivity contribution in [2.45, 2.75) is 106 Å². The number of hydrogen-bond acceptors (Lipinski definition) is 1. The Balaban J connectivity index is 2.65. The third-order valence-corrected chi connectivity index (χ3v) is 5.78. The molecule has 2 rings (SSSR count). The van der Waals surface area contributed by atoms with E-state index < -0.39 is 0 Å². The number of rotatable bonds is 13. The van der Waals surface area contributed by atoms with Crippen molar-refractivity contribution in [2.75, 3.05) is 0 Å². The summed E-state index contributed by atoms with van der Waals surface area (Å²) in [5.74, 6) is 0. The summed E-state index contributed by atoms with van der Waals surface area (Å²) in [4.78, 5) is 0. The summed E-state index contributed by atoms with van der Waals surface area (Å²) >= 11 is 0. The van der Waals surface area contributed by atoms with Crippen LogP contribution in [0.4, 0.5) is 0 Å². The van der Waals surface area contributed by atoms with Crippen molar-refractivity contribution in [3.05, 3.63) is 70.4 Å². The van der Waals surface area contributed by atoms with Crippen LogP contribution in [0, 0.1) is 0 Å². The van der Waals surface area contributed by atoms with E-state index in [1.165, 1.54) is 90.5 Å². The topological polar surface area (TPSA) is 17.8 Å². The highest BCUT2D eigenvalue weighted by Gasteiger charge is 2.17. The average Bonchev–Trinajstić information content (AvgIpc) is 3.31. The zero-order chi connectivity index (χ0) is 24.1. The van der Waals surface area contributed by atoms with Crippen LogP contribution in [0.15, 0.2) is 59.3 Å². The van der Waals surface area contributed by atoms with Gasteiger partial charge in [0.25, 0.3) is 0 Å². The molecule has 0 radical (unpaired) electrons. The number of aromatic nitrogens is 2. The molecule has 2 aromatic rings. The first-order valence-corrected chi connectivity index (χ1v) is 13.0. The van der Waals surface area contributed by atoms with E-state index in [9.17, 15) is 0 Å². The zero-order valence-corrected chi connectivity index (χ0v) is 21.9. The zero-order valence-electron chi connectivity index (χ0n) is 21.9. The van der Waals surface area contributed by atoms with Gasteiger partial charge in [-0.1, -0.05) is 70.6 Å². The van der Waals surface area contributed by atoms with Crippen LogP contribution < -0.4 is 0 Å². The van der Waals surface area contributed by atoms with E-state index in [2.05, 4.69) is 82.5 Å². The smallest absolute Gasteiger partial charge is 0.0808 e. The number of para-hydroxylation sites is 1. The normalized spacial score (nSPS) is 10.5. The molecule has 1 aromatic heterocycles. The van der Waals surface area contributed by atoms with Gasteiger partial charge in [-0.15, -0.1) is 11.5 Å². The first-order valence-electron chi connectivity index (χ1n) is 13.0. The van der Waals surface area contributed by atoms with Crippen LogP contribution in [-0.2, 0) is 0 Å². The number of hydrogen-bond donors (Lipinski definition) is 0. The van der Waals surface area contributed by atoms with E-state index in [1.807, 2.05) is 16.9 Å². The Labute approximate surface area is 202 Å². The minimum Gasteiger partial charge on any atom is -0.240 e. The average molecular weight is 445 g/mol. The second-order valence-corrected chi connectivity index (χ2v) is 9.48. The molecule has 0 saturated heterocycles. The maximum Gasteiger partial charge on any atom is 0.0808 e. The van der Waals surface area contributed by atoms with Crippen molar-refractivity contribution in [1.29, 1.82) is 0 Å². The summed E-state index contributed by atoms with van der Waals surface area (Å²) in [5.41, 5.74) is 16.1. The minimum absolute atomic E-state index is 1.04. The minimum atomic E-state index is 1.04. The second kappa shape index (κ2) is 14.6. The van der Waals surface area contributed by atoms with Crippen molar-refractivity contribution in [1.82, 2.24) is 9.78 Å². The Morgan fingerprint density at radius 3 is 1.64 bits per heavy atom. The lowest BCUT2D eigenvalue weighted by atomic mass is 9.91. The van der Waals surface area contributed by atoms with Crippen molar-refractivity contribution in [3.8, 4) is 5.69 Å². The molecule has 0 bridgehead atoms. The predicted octanol–water partition coefficient (Wildman–Crippen LogP) is 9.71. The summed E-state index contributed by atoms with van der Waals surface area (Å²) in [6.45, 7) is 13.1. The van der Waals surface area contributed by atoms with E-state index in [4.69, 9.17) is 0 Å². The molecule has 0 saturated carbocycles. The summed E-state index contributed by atoms with van der Waals surface area (Å²) in [6, 6.07) is 8.72. The first kappa shape index (κ1) is 26.7. The molecule has 2 heteroatoms. The quantitative estimate of drug-likeness (QED) is 0.222. The second-order valence-electron chi connectivity index (χ2n) is 9.48. The molecular formula is C31H44N2. The Hall–Kier alpha value is -2.53. The lowest BCUT2D eigenvalue weighted by molar-refractivity contribution is 0.677. The van der Waals surface area contributed by atoms with Crippen molar-refractivity contribution < 1.29 is 0 Å². The standard InChI is InChI=1S/C31H44N2/c1-7-9-11-13-17-27(23-25(3)4)29-19-15-20-30(31(29)33-22-16-21-32-33)28(24-26(5)6)18-14-12-10-8-2/h15-16,19-22H,7-14,17-18H2,1-6H3. The highest BCUT2D eigenvalue weighted by atomic mass is 15.3. The lowest BCUT2D eigenvalue weighted by Crippen LogP contribution is -2.05. The Morgan fingerprint density at radius 1 is 0.727 bits per heavy atom. The van der Waals surface area contributed by atoms with E-state index in [0.29, 0.717) is 0 Å².